The van der Waals surface area contributed by atoms with Gasteiger partial charge in [-0.25, -0.2) is 0 Å². The van der Waals surface area contributed by atoms with Gasteiger partial charge in [0, 0.05) is 34.5 Å². The van der Waals surface area contributed by atoms with Gasteiger partial charge in [-0.2, -0.15) is 0 Å². The number of fused-ring (bicyclic) bond motifs is 2. The quantitative estimate of drug-likeness (QED) is 0.736. The number of benzene rings is 2. The highest BCUT2D eigenvalue weighted by molar-refractivity contribution is 8.00. The second-order valence-corrected chi connectivity index (χ2v) is 8.22. The Hall–Kier alpha value is -1.34. The first kappa shape index (κ1) is 19.4. The molecule has 1 fully saturated rings. The molecule has 2 heterocycles. The van der Waals surface area contributed by atoms with Crippen molar-refractivity contribution in [2.75, 3.05) is 29.6 Å². The molecule has 1 atom stereocenters. The summed E-state index contributed by atoms with van der Waals surface area (Å²) in [5.41, 5.74) is 2.51. The molecule has 138 valence electrons. The number of rotatable bonds is 5. The monoisotopic (exact) mass is 407 g/mol. The molecule has 0 saturated carbocycles. The van der Waals surface area contributed by atoms with Crippen LogP contribution in [0.25, 0.3) is 0 Å². The average Bonchev–Trinajstić information content (AvgIpc) is 3.19. The maximum Gasteiger partial charge on any atom is 0.238 e. The largest absolute Gasteiger partial charge is 0.355 e. The van der Waals surface area contributed by atoms with Gasteiger partial charge in [-0.05, 0) is 30.7 Å². The Morgan fingerprint density at radius 3 is 2.38 bits per heavy atom. The van der Waals surface area contributed by atoms with E-state index in [1.165, 1.54) is 21.2 Å². The van der Waals surface area contributed by atoms with Crippen molar-refractivity contribution in [3.05, 3.63) is 48.5 Å². The zero-order chi connectivity index (χ0) is 17.1. The highest BCUT2D eigenvalue weighted by atomic mass is 35.5. The molecule has 4 nitrogen and oxygen atoms in total. The molecule has 2 aromatic carbocycles. The molecule has 26 heavy (non-hydrogen) atoms. The molecule has 1 unspecified atom stereocenters. The Morgan fingerprint density at radius 1 is 1.12 bits per heavy atom. The number of nitrogens with one attached hydrogen (secondary N) is 2. The molecule has 4 rings (SSSR count). The number of amides is 1. The molecule has 0 aliphatic carbocycles. The Bertz CT molecular complexity index is 722. The molecule has 2 aliphatic rings. The Balaban J connectivity index is 0.00000196. The Labute approximate surface area is 168 Å². The summed E-state index contributed by atoms with van der Waals surface area (Å²) in [6.45, 7) is 1.59. The Kier molecular flexibility index (Phi) is 6.75. The summed E-state index contributed by atoms with van der Waals surface area (Å²) in [6, 6.07) is 17.0. The first-order chi connectivity index (χ1) is 12.3. The summed E-state index contributed by atoms with van der Waals surface area (Å²) >= 11 is 3.60. The number of carbonyl (C=O) groups is 1. The fraction of sp³-hybridized carbons (Fsp3) is 0.316. The predicted octanol–water partition coefficient (Wildman–Crippen LogP) is 3.88. The first-order valence-electron chi connectivity index (χ1n) is 8.55. The fourth-order valence-corrected chi connectivity index (χ4v) is 5.20. The molecular formula is C19H22ClN3OS2. The SMILES string of the molecule is Cl.O=C(NCCCN1c2ccccc2Sc2ccccc21)C1CSCN1. The number of nitrogens with zero attached hydrogens (tertiary/aromatic N) is 1. The summed E-state index contributed by atoms with van der Waals surface area (Å²) < 4.78 is 0. The van der Waals surface area contributed by atoms with Crippen LogP contribution in [-0.2, 0) is 4.79 Å². The molecule has 0 bridgehead atoms. The maximum atomic E-state index is 12.1. The number of para-hydroxylation sites is 2. The molecule has 7 heteroatoms. The van der Waals surface area contributed by atoms with Crippen molar-refractivity contribution in [2.45, 2.75) is 22.3 Å². The van der Waals surface area contributed by atoms with E-state index in [1.54, 1.807) is 11.8 Å². The van der Waals surface area contributed by atoms with E-state index in [9.17, 15) is 4.79 Å². The van der Waals surface area contributed by atoms with Crippen molar-refractivity contribution >= 4 is 53.2 Å². The van der Waals surface area contributed by atoms with Gasteiger partial charge in [-0.3, -0.25) is 10.1 Å². The minimum absolute atomic E-state index is 0. The molecule has 2 aromatic rings. The van der Waals surface area contributed by atoms with Crippen molar-refractivity contribution in [2.24, 2.45) is 0 Å². The van der Waals surface area contributed by atoms with Gasteiger partial charge >= 0.3 is 0 Å². The lowest BCUT2D eigenvalue weighted by Crippen LogP contribution is -2.42. The average molecular weight is 408 g/mol. The molecule has 2 N–H and O–H groups in total. The summed E-state index contributed by atoms with van der Waals surface area (Å²) in [6.07, 6.45) is 0.916. The lowest BCUT2D eigenvalue weighted by Gasteiger charge is -2.32. The number of carbonyl (C=O) groups excluding carboxylic acids is 1. The minimum atomic E-state index is -0.0298. The van der Waals surface area contributed by atoms with Gasteiger partial charge < -0.3 is 10.2 Å². The lowest BCUT2D eigenvalue weighted by atomic mass is 10.2. The van der Waals surface area contributed by atoms with Gasteiger partial charge in [0.2, 0.25) is 5.91 Å². The van der Waals surface area contributed by atoms with Crippen molar-refractivity contribution in [3.8, 4) is 0 Å². The molecule has 1 saturated heterocycles. The highest BCUT2D eigenvalue weighted by Gasteiger charge is 2.23. The number of hydrogen-bond donors (Lipinski definition) is 2. The van der Waals surface area contributed by atoms with E-state index in [2.05, 4.69) is 64.1 Å². The van der Waals surface area contributed by atoms with Crippen molar-refractivity contribution < 1.29 is 4.79 Å². The fourth-order valence-electron chi connectivity index (χ4n) is 3.16. The van der Waals surface area contributed by atoms with Crippen molar-refractivity contribution in [1.82, 2.24) is 10.6 Å². The molecule has 2 aliphatic heterocycles. The number of halogens is 1. The smallest absolute Gasteiger partial charge is 0.238 e. The third kappa shape index (κ3) is 4.14. The van der Waals surface area contributed by atoms with E-state index in [1.807, 2.05) is 11.8 Å². The third-order valence-corrected chi connectivity index (χ3v) is 6.49. The van der Waals surface area contributed by atoms with Crippen LogP contribution in [0.5, 0.6) is 0 Å². The van der Waals surface area contributed by atoms with E-state index in [0.717, 1.165) is 24.6 Å². The Morgan fingerprint density at radius 2 is 1.77 bits per heavy atom. The summed E-state index contributed by atoms with van der Waals surface area (Å²) in [7, 11) is 0. The van der Waals surface area contributed by atoms with Crippen LogP contribution >= 0.6 is 35.9 Å². The van der Waals surface area contributed by atoms with Crippen LogP contribution in [0.4, 0.5) is 11.4 Å². The van der Waals surface area contributed by atoms with E-state index in [-0.39, 0.29) is 24.4 Å². The van der Waals surface area contributed by atoms with Gasteiger partial charge in [0.15, 0.2) is 0 Å². The van der Waals surface area contributed by atoms with Gasteiger partial charge in [-0.15, -0.1) is 24.2 Å². The van der Waals surface area contributed by atoms with Crippen LogP contribution < -0.4 is 15.5 Å². The van der Waals surface area contributed by atoms with E-state index in [0.29, 0.717) is 6.54 Å². The van der Waals surface area contributed by atoms with Gasteiger partial charge in [-0.1, -0.05) is 36.0 Å². The van der Waals surface area contributed by atoms with E-state index in [4.69, 9.17) is 0 Å². The number of anilines is 2. The topological polar surface area (TPSA) is 44.4 Å². The van der Waals surface area contributed by atoms with Gasteiger partial charge in [0.05, 0.1) is 17.4 Å². The van der Waals surface area contributed by atoms with Gasteiger partial charge in [0.25, 0.3) is 0 Å². The third-order valence-electron chi connectivity index (χ3n) is 4.42. The molecule has 1 amide bonds. The predicted molar refractivity (Wildman–Crippen MR) is 113 cm³/mol. The van der Waals surface area contributed by atoms with Crippen LogP contribution in [0.1, 0.15) is 6.42 Å². The first-order valence-corrected chi connectivity index (χ1v) is 10.5. The molecular weight excluding hydrogens is 386 g/mol. The van der Waals surface area contributed by atoms with Crippen LogP contribution in [0.15, 0.2) is 58.3 Å². The maximum absolute atomic E-state index is 12.1. The molecule has 0 spiro atoms. The second kappa shape index (κ2) is 9.04. The zero-order valence-corrected chi connectivity index (χ0v) is 16.8. The van der Waals surface area contributed by atoms with E-state index < -0.39 is 0 Å². The van der Waals surface area contributed by atoms with Gasteiger partial charge in [0.1, 0.15) is 0 Å². The van der Waals surface area contributed by atoms with Crippen molar-refractivity contribution in [3.63, 3.8) is 0 Å². The summed E-state index contributed by atoms with van der Waals surface area (Å²) in [5, 5.41) is 6.28. The number of thioether (sulfide) groups is 1. The lowest BCUT2D eigenvalue weighted by molar-refractivity contribution is -0.122. The molecule has 0 radical (unpaired) electrons. The minimum Gasteiger partial charge on any atom is -0.355 e. The highest BCUT2D eigenvalue weighted by Crippen LogP contribution is 2.47. The second-order valence-electron chi connectivity index (χ2n) is 6.11. The van der Waals surface area contributed by atoms with Crippen molar-refractivity contribution in [1.29, 1.82) is 0 Å². The zero-order valence-electron chi connectivity index (χ0n) is 14.3. The standard InChI is InChI=1S/C19H21N3OS2.ClH/c23-19(14-12-24-13-21-14)20-10-5-11-22-15-6-1-3-8-17(15)25-18-9-4-2-7-16(18)22;/h1-4,6-9,14,21H,5,10-13H2,(H,20,23);1H. The van der Waals surface area contributed by atoms with Crippen LogP contribution in [0.2, 0.25) is 0 Å². The molecule has 0 aromatic heterocycles. The summed E-state index contributed by atoms with van der Waals surface area (Å²) in [5.74, 6) is 1.87. The van der Waals surface area contributed by atoms with Crippen LogP contribution in [-0.4, -0.2) is 36.7 Å². The normalized spacial score (nSPS) is 17.8. The van der Waals surface area contributed by atoms with Crippen LogP contribution in [0.3, 0.4) is 0 Å². The summed E-state index contributed by atoms with van der Waals surface area (Å²) in [4.78, 5) is 17.0. The van der Waals surface area contributed by atoms with E-state index >= 15 is 0 Å². The number of hydrogen-bond acceptors (Lipinski definition) is 5. The van der Waals surface area contributed by atoms with Crippen LogP contribution in [0, 0.1) is 0 Å².